The summed E-state index contributed by atoms with van der Waals surface area (Å²) in [6.07, 6.45) is 10.9. The summed E-state index contributed by atoms with van der Waals surface area (Å²) in [7, 11) is 0. The number of carboxylic acid groups (broad SMARTS) is 1. The van der Waals surface area contributed by atoms with E-state index in [0.717, 1.165) is 37.6 Å². The van der Waals surface area contributed by atoms with E-state index in [1.165, 1.54) is 32.1 Å². The molecule has 5 aliphatic rings. The Kier molecular flexibility index (Phi) is 5.03. The van der Waals surface area contributed by atoms with E-state index < -0.39 is 5.97 Å². The van der Waals surface area contributed by atoms with Crippen molar-refractivity contribution < 1.29 is 14.7 Å². The van der Waals surface area contributed by atoms with Crippen LogP contribution in [0.5, 0.6) is 0 Å². The molecule has 1 saturated heterocycles. The fourth-order valence-electron chi connectivity index (χ4n) is 6.46. The zero-order chi connectivity index (χ0) is 17.4. The average Bonchev–Trinajstić information content (AvgIpc) is 2.56. The van der Waals surface area contributed by atoms with Gasteiger partial charge >= 0.3 is 5.97 Å². The van der Waals surface area contributed by atoms with E-state index in [-0.39, 0.29) is 18.4 Å². The summed E-state index contributed by atoms with van der Waals surface area (Å²) in [6, 6.07) is 0.664. The summed E-state index contributed by atoms with van der Waals surface area (Å²) in [5.74, 6) is 2.72. The summed E-state index contributed by atoms with van der Waals surface area (Å²) in [6.45, 7) is 1.38. The van der Waals surface area contributed by atoms with E-state index >= 15 is 0 Å². The van der Waals surface area contributed by atoms with Crippen molar-refractivity contribution in [1.82, 2.24) is 10.2 Å². The number of nitrogens with one attached hydrogen (secondary N) is 1. The third kappa shape index (κ3) is 3.86. The number of carbonyl (C=O) groups excluding carboxylic acids is 1. The molecule has 5 nitrogen and oxygen atoms in total. The molecule has 5 fully saturated rings. The van der Waals surface area contributed by atoms with E-state index in [4.69, 9.17) is 5.11 Å². The van der Waals surface area contributed by atoms with Crippen molar-refractivity contribution in [3.8, 4) is 0 Å². The first-order valence-corrected chi connectivity index (χ1v) is 10.3. The minimum absolute atomic E-state index is 0.166. The Morgan fingerprint density at radius 3 is 2.32 bits per heavy atom. The second-order valence-electron chi connectivity index (χ2n) is 9.08. The molecular weight excluding hydrogens is 316 g/mol. The molecule has 0 aromatic heterocycles. The third-order valence-corrected chi connectivity index (χ3v) is 7.34. The van der Waals surface area contributed by atoms with E-state index in [1.54, 1.807) is 0 Å². The maximum atomic E-state index is 12.7. The number of amides is 1. The molecule has 25 heavy (non-hydrogen) atoms. The highest BCUT2D eigenvalue weighted by Gasteiger charge is 2.48. The van der Waals surface area contributed by atoms with Crippen LogP contribution in [0, 0.1) is 23.7 Å². The average molecular weight is 348 g/mol. The van der Waals surface area contributed by atoms with Crippen molar-refractivity contribution in [3.63, 3.8) is 0 Å². The van der Waals surface area contributed by atoms with Gasteiger partial charge in [-0.3, -0.25) is 14.5 Å². The monoisotopic (exact) mass is 348 g/mol. The SMILES string of the molecule is O=C(O)CCC1CCCCN1CC(=O)NC1C2CC3CC(C2)CC1C3. The maximum absolute atomic E-state index is 12.7. The number of carbonyl (C=O) groups is 2. The van der Waals surface area contributed by atoms with E-state index in [9.17, 15) is 9.59 Å². The lowest BCUT2D eigenvalue weighted by Crippen LogP contribution is -2.57. The highest BCUT2D eigenvalue weighted by molar-refractivity contribution is 5.78. The van der Waals surface area contributed by atoms with Gasteiger partial charge in [0, 0.05) is 18.5 Å². The van der Waals surface area contributed by atoms with Gasteiger partial charge in [-0.1, -0.05) is 6.42 Å². The molecular formula is C20H32N2O3. The number of aliphatic carboxylic acids is 1. The smallest absolute Gasteiger partial charge is 0.303 e. The van der Waals surface area contributed by atoms with Gasteiger partial charge < -0.3 is 10.4 Å². The molecule has 2 N–H and O–H groups in total. The minimum atomic E-state index is -0.733. The van der Waals surface area contributed by atoms with Gasteiger partial charge in [0.25, 0.3) is 0 Å². The Morgan fingerprint density at radius 2 is 1.68 bits per heavy atom. The quantitative estimate of drug-likeness (QED) is 0.774. The maximum Gasteiger partial charge on any atom is 0.303 e. The van der Waals surface area contributed by atoms with Crippen molar-refractivity contribution >= 4 is 11.9 Å². The third-order valence-electron chi connectivity index (χ3n) is 7.34. The molecule has 0 spiro atoms. The van der Waals surface area contributed by atoms with Crippen LogP contribution in [0.2, 0.25) is 0 Å². The molecule has 4 aliphatic carbocycles. The van der Waals surface area contributed by atoms with Crippen LogP contribution in [0.4, 0.5) is 0 Å². The largest absolute Gasteiger partial charge is 0.481 e. The summed E-state index contributed by atoms with van der Waals surface area (Å²) in [5.41, 5.74) is 0. The number of piperidine rings is 1. The Labute approximate surface area is 150 Å². The van der Waals surface area contributed by atoms with Crippen molar-refractivity contribution in [1.29, 1.82) is 0 Å². The molecule has 0 aromatic carbocycles. The van der Waals surface area contributed by atoms with Gasteiger partial charge in [-0.15, -0.1) is 0 Å². The zero-order valence-corrected chi connectivity index (χ0v) is 15.2. The van der Waals surface area contributed by atoms with Crippen LogP contribution in [0.1, 0.15) is 64.2 Å². The molecule has 4 bridgehead atoms. The van der Waals surface area contributed by atoms with E-state index in [0.29, 0.717) is 30.8 Å². The van der Waals surface area contributed by atoms with Crippen LogP contribution >= 0.6 is 0 Å². The van der Waals surface area contributed by atoms with Gasteiger partial charge in [-0.2, -0.15) is 0 Å². The fraction of sp³-hybridized carbons (Fsp3) is 0.900. The number of hydrogen-bond acceptors (Lipinski definition) is 3. The number of likely N-dealkylation sites (tertiary alicyclic amines) is 1. The number of nitrogens with zero attached hydrogens (tertiary/aromatic N) is 1. The Morgan fingerprint density at radius 1 is 1.00 bits per heavy atom. The van der Waals surface area contributed by atoms with Crippen LogP contribution < -0.4 is 5.32 Å². The number of rotatable bonds is 6. The van der Waals surface area contributed by atoms with Crippen LogP contribution in [0.25, 0.3) is 0 Å². The first kappa shape index (κ1) is 17.3. The van der Waals surface area contributed by atoms with Crippen molar-refractivity contribution in [2.45, 2.75) is 76.3 Å². The molecule has 0 radical (unpaired) electrons. The van der Waals surface area contributed by atoms with Crippen LogP contribution in [0.3, 0.4) is 0 Å². The Balaban J connectivity index is 1.31. The lowest BCUT2D eigenvalue weighted by Gasteiger charge is -2.54. The first-order chi connectivity index (χ1) is 12.1. The highest BCUT2D eigenvalue weighted by Crippen LogP contribution is 2.53. The molecule has 1 heterocycles. The number of hydrogen-bond donors (Lipinski definition) is 2. The van der Waals surface area contributed by atoms with Crippen molar-refractivity contribution in [2.75, 3.05) is 13.1 Å². The number of carboxylic acids is 1. The predicted molar refractivity (Wildman–Crippen MR) is 95.1 cm³/mol. The molecule has 1 atom stereocenters. The van der Waals surface area contributed by atoms with E-state index in [1.807, 2.05) is 0 Å². The molecule has 4 saturated carbocycles. The second-order valence-corrected chi connectivity index (χ2v) is 9.08. The molecule has 5 heteroatoms. The lowest BCUT2D eigenvalue weighted by molar-refractivity contribution is -0.137. The Hall–Kier alpha value is -1.10. The van der Waals surface area contributed by atoms with Crippen molar-refractivity contribution in [2.24, 2.45) is 23.7 Å². The minimum Gasteiger partial charge on any atom is -0.481 e. The molecule has 1 amide bonds. The molecule has 140 valence electrons. The normalized spacial score (nSPS) is 40.2. The second kappa shape index (κ2) is 7.26. The molecule has 1 aliphatic heterocycles. The fourth-order valence-corrected chi connectivity index (χ4v) is 6.46. The topological polar surface area (TPSA) is 69.6 Å². The zero-order valence-electron chi connectivity index (χ0n) is 15.2. The predicted octanol–water partition coefficient (Wildman–Crippen LogP) is 2.65. The van der Waals surface area contributed by atoms with Gasteiger partial charge in [0.05, 0.1) is 6.54 Å². The van der Waals surface area contributed by atoms with Crippen LogP contribution in [-0.4, -0.2) is 47.1 Å². The van der Waals surface area contributed by atoms with E-state index in [2.05, 4.69) is 10.2 Å². The van der Waals surface area contributed by atoms with Gasteiger partial charge in [-0.05, 0) is 81.6 Å². The molecule has 1 unspecified atom stereocenters. The van der Waals surface area contributed by atoms with Gasteiger partial charge in [0.15, 0.2) is 0 Å². The summed E-state index contributed by atoms with van der Waals surface area (Å²) >= 11 is 0. The van der Waals surface area contributed by atoms with Crippen molar-refractivity contribution in [3.05, 3.63) is 0 Å². The molecule has 5 rings (SSSR count). The van der Waals surface area contributed by atoms with Gasteiger partial charge in [0.2, 0.25) is 5.91 Å². The molecule has 0 aromatic rings. The summed E-state index contributed by atoms with van der Waals surface area (Å²) in [5, 5.41) is 12.3. The lowest BCUT2D eigenvalue weighted by atomic mass is 9.54. The van der Waals surface area contributed by atoms with Gasteiger partial charge in [0.1, 0.15) is 0 Å². The standard InChI is InChI=1S/C20H32N2O3/c23-18(12-22-6-2-1-3-17(22)4-5-19(24)25)21-20-15-8-13-7-14(10-15)11-16(20)9-13/h13-17,20H,1-12H2,(H,21,23)(H,24,25). The summed E-state index contributed by atoms with van der Waals surface area (Å²) in [4.78, 5) is 25.8. The van der Waals surface area contributed by atoms with Gasteiger partial charge in [-0.25, -0.2) is 0 Å². The highest BCUT2D eigenvalue weighted by atomic mass is 16.4. The first-order valence-electron chi connectivity index (χ1n) is 10.3. The van der Waals surface area contributed by atoms with Crippen LogP contribution in [-0.2, 0) is 9.59 Å². The summed E-state index contributed by atoms with van der Waals surface area (Å²) < 4.78 is 0. The van der Waals surface area contributed by atoms with Crippen LogP contribution in [0.15, 0.2) is 0 Å². The Bertz CT molecular complexity index is 493.